The second-order valence-electron chi connectivity index (χ2n) is 7.62. The predicted octanol–water partition coefficient (Wildman–Crippen LogP) is 4.13. The van der Waals surface area contributed by atoms with Crippen LogP contribution in [0, 0.1) is 0 Å². The molecule has 0 radical (unpaired) electrons. The van der Waals surface area contributed by atoms with Crippen molar-refractivity contribution in [1.29, 1.82) is 0 Å². The highest BCUT2D eigenvalue weighted by Gasteiger charge is 2.42. The zero-order valence-electron chi connectivity index (χ0n) is 15.8. The molecule has 0 amide bonds. The van der Waals surface area contributed by atoms with E-state index in [-0.39, 0.29) is 18.6 Å². The smallest absolute Gasteiger partial charge is 0.231 e. The third kappa shape index (κ3) is 3.21. The van der Waals surface area contributed by atoms with Crippen molar-refractivity contribution in [2.75, 3.05) is 34.5 Å². The summed E-state index contributed by atoms with van der Waals surface area (Å²) in [4.78, 5) is 13.0. The van der Waals surface area contributed by atoms with Crippen LogP contribution in [0.4, 0.5) is 0 Å². The summed E-state index contributed by atoms with van der Waals surface area (Å²) in [5.74, 6) is 2.22. The molecule has 0 saturated carbocycles. The highest BCUT2D eigenvalue weighted by Crippen LogP contribution is 2.51. The van der Waals surface area contributed by atoms with E-state index in [0.717, 1.165) is 38.8 Å². The highest BCUT2D eigenvalue weighted by atomic mass is 79.9. The number of halogens is 1. The van der Waals surface area contributed by atoms with E-state index in [1.54, 1.807) is 7.11 Å². The number of nitrogens with zero attached hydrogens (tertiary/aromatic N) is 1. The Bertz CT molecular complexity index is 892. The fraction of sp³-hybridized carbons (Fsp3) is 0.381. The molecule has 2 heterocycles. The minimum absolute atomic E-state index is 0.00523. The number of carbonyl (C=O) groups excluding carboxylic acids is 1. The molecule has 4 rings (SSSR count). The summed E-state index contributed by atoms with van der Waals surface area (Å²) in [5, 5.41) is 0. The third-order valence-electron chi connectivity index (χ3n) is 5.63. The van der Waals surface area contributed by atoms with E-state index >= 15 is 0 Å². The van der Waals surface area contributed by atoms with Crippen LogP contribution in [0.15, 0.2) is 34.8 Å². The quantitative estimate of drug-likeness (QED) is 0.537. The number of ether oxygens (including phenoxy) is 3. The Kier molecular flexibility index (Phi) is 4.64. The van der Waals surface area contributed by atoms with Crippen LogP contribution in [-0.2, 0) is 6.42 Å². The van der Waals surface area contributed by atoms with Crippen molar-refractivity contribution >= 4 is 21.7 Å². The molecule has 27 heavy (non-hydrogen) atoms. The van der Waals surface area contributed by atoms with Crippen molar-refractivity contribution in [3.8, 4) is 17.2 Å². The number of hydrogen-bond acceptors (Lipinski definition) is 4. The molecule has 6 heteroatoms. The molecule has 0 saturated heterocycles. The van der Waals surface area contributed by atoms with E-state index in [4.69, 9.17) is 14.2 Å². The largest absolute Gasteiger partial charge is 0.492 e. The molecule has 5 nitrogen and oxygen atoms in total. The predicted molar refractivity (Wildman–Crippen MR) is 106 cm³/mol. The Balaban J connectivity index is 1.76. The Hall–Kier alpha value is -2.05. The van der Waals surface area contributed by atoms with Gasteiger partial charge < -0.3 is 18.7 Å². The number of benzene rings is 2. The summed E-state index contributed by atoms with van der Waals surface area (Å²) < 4.78 is 18.7. The van der Waals surface area contributed by atoms with Gasteiger partial charge in [0.1, 0.15) is 6.04 Å². The maximum atomic E-state index is 13.0. The summed E-state index contributed by atoms with van der Waals surface area (Å²) in [6.07, 6.45) is 1.33. The van der Waals surface area contributed by atoms with Crippen LogP contribution in [0.3, 0.4) is 0 Å². The monoisotopic (exact) mass is 432 g/mol. The van der Waals surface area contributed by atoms with Crippen LogP contribution in [0.25, 0.3) is 0 Å². The number of ketones is 1. The van der Waals surface area contributed by atoms with Crippen LogP contribution in [0.2, 0.25) is 0 Å². The summed E-state index contributed by atoms with van der Waals surface area (Å²) in [6, 6.07) is 9.59. The lowest BCUT2D eigenvalue weighted by Crippen LogP contribution is -2.48. The van der Waals surface area contributed by atoms with E-state index in [1.165, 1.54) is 5.56 Å². The van der Waals surface area contributed by atoms with Gasteiger partial charge in [0.15, 0.2) is 17.3 Å². The highest BCUT2D eigenvalue weighted by molar-refractivity contribution is 9.10. The van der Waals surface area contributed by atoms with Crippen LogP contribution in [0.1, 0.15) is 33.9 Å². The van der Waals surface area contributed by atoms with Crippen LogP contribution >= 0.6 is 15.9 Å². The van der Waals surface area contributed by atoms with Gasteiger partial charge in [-0.15, -0.1) is 0 Å². The van der Waals surface area contributed by atoms with Gasteiger partial charge in [-0.05, 0) is 23.8 Å². The number of hydrogen-bond donors (Lipinski definition) is 0. The molecule has 0 fully saturated rings. The van der Waals surface area contributed by atoms with Gasteiger partial charge >= 0.3 is 0 Å². The Morgan fingerprint density at radius 2 is 2.00 bits per heavy atom. The molecular formula is C21H23BrNO4+. The molecule has 0 N–H and O–H groups in total. The number of carbonyl (C=O) groups is 1. The van der Waals surface area contributed by atoms with Crippen molar-refractivity contribution in [2.24, 2.45) is 0 Å². The SMILES string of the molecule is COc1c2c(cc3c1[C@H](CC(=O)c1ccc(Br)cc1)[N+](C)(C)CC3)OCO2. The van der Waals surface area contributed by atoms with Crippen molar-refractivity contribution in [1.82, 2.24) is 0 Å². The Morgan fingerprint density at radius 1 is 1.26 bits per heavy atom. The maximum Gasteiger partial charge on any atom is 0.231 e. The molecule has 142 valence electrons. The van der Waals surface area contributed by atoms with E-state index in [9.17, 15) is 4.79 Å². The second kappa shape index (κ2) is 6.84. The van der Waals surface area contributed by atoms with Crippen molar-refractivity contribution in [2.45, 2.75) is 18.9 Å². The van der Waals surface area contributed by atoms with E-state index in [1.807, 2.05) is 24.3 Å². The molecule has 0 aliphatic carbocycles. The minimum atomic E-state index is -0.00523. The average Bonchev–Trinajstić information content (AvgIpc) is 3.11. The van der Waals surface area contributed by atoms with Crippen LogP contribution in [-0.4, -0.2) is 44.8 Å². The Morgan fingerprint density at radius 3 is 2.70 bits per heavy atom. The van der Waals surface area contributed by atoms with Gasteiger partial charge in [-0.25, -0.2) is 0 Å². The Labute approximate surface area is 167 Å². The lowest BCUT2D eigenvalue weighted by molar-refractivity contribution is -0.922. The van der Waals surface area contributed by atoms with Gasteiger partial charge in [-0.3, -0.25) is 4.79 Å². The molecule has 0 unspecified atom stereocenters. The minimum Gasteiger partial charge on any atom is -0.492 e. The van der Waals surface area contributed by atoms with Gasteiger partial charge in [0.05, 0.1) is 39.7 Å². The second-order valence-corrected chi connectivity index (χ2v) is 8.53. The topological polar surface area (TPSA) is 44.8 Å². The first kappa shape index (κ1) is 18.3. The first-order chi connectivity index (χ1) is 12.9. The number of Topliss-reactive ketones (excluding diaryl/α,β-unsaturated/α-hetero) is 1. The van der Waals surface area contributed by atoms with Gasteiger partial charge in [-0.2, -0.15) is 0 Å². The molecule has 0 spiro atoms. The number of methoxy groups -OCH3 is 1. The molecule has 0 bridgehead atoms. The van der Waals surface area contributed by atoms with Gasteiger partial charge in [0.25, 0.3) is 0 Å². The lowest BCUT2D eigenvalue weighted by Gasteiger charge is -2.43. The van der Waals surface area contributed by atoms with Gasteiger partial charge in [0, 0.05) is 16.5 Å². The lowest BCUT2D eigenvalue weighted by atomic mass is 9.86. The molecular weight excluding hydrogens is 410 g/mol. The van der Waals surface area contributed by atoms with Crippen molar-refractivity contribution < 1.29 is 23.5 Å². The number of fused-ring (bicyclic) bond motifs is 2. The van der Waals surface area contributed by atoms with Crippen LogP contribution < -0.4 is 14.2 Å². The molecule has 2 aliphatic rings. The average molecular weight is 433 g/mol. The summed E-state index contributed by atoms with van der Waals surface area (Å²) >= 11 is 3.42. The van der Waals surface area contributed by atoms with E-state index < -0.39 is 0 Å². The molecule has 1 atom stereocenters. The number of quaternary nitrogens is 1. The van der Waals surface area contributed by atoms with E-state index in [2.05, 4.69) is 36.1 Å². The first-order valence-electron chi connectivity index (χ1n) is 9.01. The molecule has 2 aliphatic heterocycles. The summed E-state index contributed by atoms with van der Waals surface area (Å²) in [6.45, 7) is 1.16. The first-order valence-corrected chi connectivity index (χ1v) is 9.81. The standard InChI is InChI=1S/C21H23BrNO4/c1-23(2)9-8-14-10-18-20(27-12-26-18)21(25-3)19(14)16(23)11-17(24)13-4-6-15(22)7-5-13/h4-7,10,16H,8-9,11-12H2,1-3H3/q+1/t16-/m0/s1. The summed E-state index contributed by atoms with van der Waals surface area (Å²) in [7, 11) is 6.00. The van der Waals surface area contributed by atoms with Gasteiger partial charge in [-0.1, -0.05) is 28.1 Å². The van der Waals surface area contributed by atoms with Crippen molar-refractivity contribution in [3.05, 3.63) is 51.5 Å². The molecule has 2 aromatic carbocycles. The number of rotatable bonds is 4. The fourth-order valence-electron chi connectivity index (χ4n) is 4.04. The zero-order valence-corrected chi connectivity index (χ0v) is 17.3. The maximum absolute atomic E-state index is 13.0. The normalized spacial score (nSPS) is 19.5. The van der Waals surface area contributed by atoms with Crippen LogP contribution in [0.5, 0.6) is 17.2 Å². The molecule has 0 aromatic heterocycles. The third-order valence-corrected chi connectivity index (χ3v) is 6.16. The van der Waals surface area contributed by atoms with E-state index in [0.29, 0.717) is 17.9 Å². The van der Waals surface area contributed by atoms with Crippen molar-refractivity contribution in [3.63, 3.8) is 0 Å². The molecule has 2 aromatic rings. The summed E-state index contributed by atoms with van der Waals surface area (Å²) in [5.41, 5.74) is 2.98. The zero-order chi connectivity index (χ0) is 19.2. The fourth-order valence-corrected chi connectivity index (χ4v) is 4.31. The van der Waals surface area contributed by atoms with Gasteiger partial charge in [0.2, 0.25) is 12.5 Å². The number of likely N-dealkylation sites (N-methyl/N-ethyl adjacent to an activating group) is 1.